The van der Waals surface area contributed by atoms with Gasteiger partial charge >= 0.3 is 6.01 Å². The van der Waals surface area contributed by atoms with E-state index in [0.29, 0.717) is 12.7 Å². The average molecular weight is 411 g/mol. The van der Waals surface area contributed by atoms with Crippen LogP contribution in [0.2, 0.25) is 0 Å². The second-order valence-corrected chi connectivity index (χ2v) is 8.39. The molecule has 1 aromatic heterocycles. The highest BCUT2D eigenvalue weighted by Gasteiger charge is 2.22. The van der Waals surface area contributed by atoms with Crippen molar-refractivity contribution in [1.82, 2.24) is 15.0 Å². The van der Waals surface area contributed by atoms with E-state index in [1.165, 1.54) is 11.1 Å². The highest BCUT2D eigenvalue weighted by atomic mass is 16.5. The van der Waals surface area contributed by atoms with Gasteiger partial charge in [0.15, 0.2) is 5.82 Å². The number of ether oxygens (including phenoxy) is 1. The van der Waals surface area contributed by atoms with Crippen LogP contribution in [0.4, 0.5) is 6.01 Å². The summed E-state index contributed by atoms with van der Waals surface area (Å²) < 4.78 is 11.4. The van der Waals surface area contributed by atoms with Crippen LogP contribution >= 0.6 is 0 Å². The van der Waals surface area contributed by atoms with Crippen molar-refractivity contribution in [2.75, 3.05) is 37.8 Å². The Morgan fingerprint density at radius 3 is 2.57 bits per heavy atom. The van der Waals surface area contributed by atoms with Crippen molar-refractivity contribution >= 4 is 17.9 Å². The van der Waals surface area contributed by atoms with E-state index >= 15 is 0 Å². The van der Waals surface area contributed by atoms with Crippen molar-refractivity contribution in [3.63, 3.8) is 0 Å². The second kappa shape index (κ2) is 9.43. The van der Waals surface area contributed by atoms with Crippen molar-refractivity contribution in [3.05, 3.63) is 41.7 Å². The van der Waals surface area contributed by atoms with Gasteiger partial charge in [0.25, 0.3) is 0 Å². The van der Waals surface area contributed by atoms with Crippen LogP contribution in [0, 0.1) is 5.92 Å². The summed E-state index contributed by atoms with van der Waals surface area (Å²) in [5.41, 5.74) is 2.55. The number of nitrogens with zero attached hydrogens (tertiary/aromatic N) is 4. The third-order valence-corrected chi connectivity index (χ3v) is 5.87. The van der Waals surface area contributed by atoms with Crippen LogP contribution in [-0.4, -0.2) is 54.2 Å². The van der Waals surface area contributed by atoms with E-state index < -0.39 is 0 Å². The molecule has 0 bridgehead atoms. The molecule has 1 aliphatic heterocycles. The van der Waals surface area contributed by atoms with Crippen LogP contribution in [0.1, 0.15) is 50.4 Å². The Labute approximate surface area is 177 Å². The highest BCUT2D eigenvalue weighted by molar-refractivity contribution is 5.68. The number of benzene rings is 1. The smallest absolute Gasteiger partial charge is 0.324 e. The van der Waals surface area contributed by atoms with E-state index in [1.54, 1.807) is 0 Å². The normalized spacial score (nSPS) is 20.3. The largest absolute Gasteiger partial charge is 0.478 e. The molecule has 2 heterocycles. The van der Waals surface area contributed by atoms with Gasteiger partial charge in [-0.3, -0.25) is 4.90 Å². The maximum Gasteiger partial charge on any atom is 0.324 e. The Morgan fingerprint density at radius 1 is 1.20 bits per heavy atom. The van der Waals surface area contributed by atoms with Crippen molar-refractivity contribution in [1.29, 1.82) is 0 Å². The van der Waals surface area contributed by atoms with Gasteiger partial charge in [-0.25, -0.2) is 0 Å². The third kappa shape index (κ3) is 4.90. The van der Waals surface area contributed by atoms with E-state index in [4.69, 9.17) is 9.26 Å². The molecule has 0 spiro atoms. The molecule has 2 aromatic rings. The van der Waals surface area contributed by atoms with Gasteiger partial charge in [-0.2, -0.15) is 4.98 Å². The molecule has 30 heavy (non-hydrogen) atoms. The highest BCUT2D eigenvalue weighted by Crippen LogP contribution is 2.30. The number of carbonyl (C=O) groups is 1. The first-order valence-electron chi connectivity index (χ1n) is 10.8. The third-order valence-electron chi connectivity index (χ3n) is 5.87. The Morgan fingerprint density at radius 2 is 1.97 bits per heavy atom. The van der Waals surface area contributed by atoms with Gasteiger partial charge < -0.3 is 19.0 Å². The molecule has 1 atom stereocenters. The lowest BCUT2D eigenvalue weighted by atomic mass is 9.87. The molecule has 0 N–H and O–H groups in total. The summed E-state index contributed by atoms with van der Waals surface area (Å²) in [5, 5.41) is 4.05. The first kappa shape index (κ1) is 20.6. The van der Waals surface area contributed by atoms with Gasteiger partial charge in [0.05, 0.1) is 0 Å². The number of aldehydes is 1. The minimum Gasteiger partial charge on any atom is -0.478 e. The summed E-state index contributed by atoms with van der Waals surface area (Å²) in [4.78, 5) is 19.8. The summed E-state index contributed by atoms with van der Waals surface area (Å²) in [6.07, 6.45) is 6.04. The van der Waals surface area contributed by atoms with Crippen LogP contribution < -0.4 is 9.64 Å². The molecule has 7 nitrogen and oxygen atoms in total. The predicted octanol–water partition coefficient (Wildman–Crippen LogP) is 3.73. The van der Waals surface area contributed by atoms with Crippen molar-refractivity contribution < 1.29 is 14.1 Å². The molecule has 0 radical (unpaired) electrons. The average Bonchev–Trinajstić information content (AvgIpc) is 3.29. The van der Waals surface area contributed by atoms with Gasteiger partial charge in [-0.15, -0.1) is 0 Å². The molecule has 1 saturated heterocycles. The molecule has 4 rings (SSSR count). The summed E-state index contributed by atoms with van der Waals surface area (Å²) in [6, 6.07) is 8.91. The molecule has 7 heteroatoms. The number of aromatic nitrogens is 2. The van der Waals surface area contributed by atoms with Crippen LogP contribution in [0.5, 0.6) is 5.75 Å². The van der Waals surface area contributed by atoms with Gasteiger partial charge in [0.1, 0.15) is 18.8 Å². The monoisotopic (exact) mass is 410 g/mol. The molecular formula is C23H30N4O3. The lowest BCUT2D eigenvalue weighted by molar-refractivity contribution is -0.111. The van der Waals surface area contributed by atoms with Crippen LogP contribution in [0.25, 0.3) is 5.57 Å². The fourth-order valence-electron chi connectivity index (χ4n) is 3.83. The predicted molar refractivity (Wildman–Crippen MR) is 115 cm³/mol. The zero-order valence-electron chi connectivity index (χ0n) is 17.8. The van der Waals surface area contributed by atoms with E-state index in [2.05, 4.69) is 52.0 Å². The lowest BCUT2D eigenvalue weighted by Crippen LogP contribution is -2.47. The molecule has 0 saturated carbocycles. The van der Waals surface area contributed by atoms with Gasteiger partial charge in [0.2, 0.25) is 0 Å². The number of allylic oxidation sites excluding steroid dienone is 2. The topological polar surface area (TPSA) is 71.7 Å². The summed E-state index contributed by atoms with van der Waals surface area (Å²) >= 11 is 0. The maximum absolute atomic E-state index is 10.9. The van der Waals surface area contributed by atoms with E-state index in [-0.39, 0.29) is 11.8 Å². The first-order valence-corrected chi connectivity index (χ1v) is 10.8. The Kier molecular flexibility index (Phi) is 6.47. The zero-order chi connectivity index (χ0) is 20.9. The molecule has 0 amide bonds. The number of hydrogen-bond donors (Lipinski definition) is 0. The molecule has 1 aromatic carbocycles. The lowest BCUT2D eigenvalue weighted by Gasteiger charge is -2.33. The Hall–Kier alpha value is -2.67. The number of anilines is 1. The van der Waals surface area contributed by atoms with Crippen LogP contribution in [0.15, 0.2) is 34.9 Å². The van der Waals surface area contributed by atoms with Gasteiger partial charge in [-0.05, 0) is 42.5 Å². The fraction of sp³-hybridized carbons (Fsp3) is 0.522. The van der Waals surface area contributed by atoms with E-state index in [9.17, 15) is 4.79 Å². The minimum atomic E-state index is 0.189. The molecule has 1 aliphatic carbocycles. The molecule has 1 unspecified atom stereocenters. The standard InChI is InChI=1S/C23H30N4O3/c1-17(2)22-24-23(30-25-22)27-13-11-26(12-14-27)16-29-21-9-7-20(8-10-21)19-5-3-18(15-28)4-6-19/h5,7-10,15,17-18H,3-4,6,11-14,16H2,1-2H3. The number of carbonyl (C=O) groups excluding carboxylic acids is 1. The molecule has 160 valence electrons. The van der Waals surface area contributed by atoms with Crippen molar-refractivity contribution in [2.24, 2.45) is 5.92 Å². The molecular weight excluding hydrogens is 380 g/mol. The van der Waals surface area contributed by atoms with Crippen LogP contribution in [0.3, 0.4) is 0 Å². The first-order chi connectivity index (χ1) is 14.6. The zero-order valence-corrected chi connectivity index (χ0v) is 17.8. The minimum absolute atomic E-state index is 0.189. The molecule has 2 aliphatic rings. The van der Waals surface area contributed by atoms with E-state index in [1.807, 2.05) is 12.1 Å². The SMILES string of the molecule is CC(C)c1noc(N2CCN(COc3ccc(C4=CCC(C=O)CC4)cc3)CC2)n1. The summed E-state index contributed by atoms with van der Waals surface area (Å²) in [7, 11) is 0. The second-order valence-electron chi connectivity index (χ2n) is 8.39. The quantitative estimate of drug-likeness (QED) is 0.644. The fourth-order valence-corrected chi connectivity index (χ4v) is 3.83. The van der Waals surface area contributed by atoms with Crippen molar-refractivity contribution in [2.45, 2.75) is 39.0 Å². The van der Waals surface area contributed by atoms with Crippen molar-refractivity contribution in [3.8, 4) is 5.75 Å². The Bertz CT molecular complexity index is 867. The van der Waals surface area contributed by atoms with Gasteiger partial charge in [-0.1, -0.05) is 37.2 Å². The Balaban J connectivity index is 1.24. The number of hydrogen-bond acceptors (Lipinski definition) is 7. The summed E-state index contributed by atoms with van der Waals surface area (Å²) in [6.45, 7) is 8.16. The number of piperazine rings is 1. The number of rotatable bonds is 7. The summed E-state index contributed by atoms with van der Waals surface area (Å²) in [5.74, 6) is 2.09. The van der Waals surface area contributed by atoms with E-state index in [0.717, 1.165) is 63.3 Å². The van der Waals surface area contributed by atoms with Gasteiger partial charge in [0, 0.05) is 38.0 Å². The molecule has 1 fully saturated rings. The maximum atomic E-state index is 10.9. The van der Waals surface area contributed by atoms with Crippen LogP contribution in [-0.2, 0) is 4.79 Å².